The maximum Gasteiger partial charge on any atom is 0.139 e. The zero-order valence-corrected chi connectivity index (χ0v) is 8.47. The highest BCUT2D eigenvalue weighted by molar-refractivity contribution is 5.39. The molecule has 3 rings (SSSR count). The summed E-state index contributed by atoms with van der Waals surface area (Å²) in [4.78, 5) is 8.74. The Hall–Kier alpha value is -1.42. The lowest BCUT2D eigenvalue weighted by Gasteiger charge is -2.21. The van der Waals surface area contributed by atoms with Crippen LogP contribution >= 0.6 is 0 Å². The summed E-state index contributed by atoms with van der Waals surface area (Å²) < 4.78 is 7.28. The Morgan fingerprint density at radius 1 is 1.27 bits per heavy atom. The summed E-state index contributed by atoms with van der Waals surface area (Å²) in [6.07, 6.45) is 7.70. The van der Waals surface area contributed by atoms with Crippen LogP contribution in [0.1, 0.15) is 24.5 Å². The van der Waals surface area contributed by atoms with Crippen molar-refractivity contribution in [2.45, 2.75) is 18.8 Å². The van der Waals surface area contributed by atoms with Gasteiger partial charge in [-0.1, -0.05) is 0 Å². The van der Waals surface area contributed by atoms with E-state index < -0.39 is 0 Å². The topological polar surface area (TPSA) is 39.4 Å². The van der Waals surface area contributed by atoms with E-state index in [2.05, 4.69) is 16.0 Å². The summed E-state index contributed by atoms with van der Waals surface area (Å²) in [6, 6.07) is 2.08. The van der Waals surface area contributed by atoms with Gasteiger partial charge in [0.1, 0.15) is 12.0 Å². The van der Waals surface area contributed by atoms with Gasteiger partial charge in [0.05, 0.1) is 0 Å². The van der Waals surface area contributed by atoms with Crippen molar-refractivity contribution < 1.29 is 4.74 Å². The first-order valence-corrected chi connectivity index (χ1v) is 5.30. The number of nitrogens with zero attached hydrogens (tertiary/aromatic N) is 3. The molecule has 4 heteroatoms. The van der Waals surface area contributed by atoms with Crippen molar-refractivity contribution in [1.29, 1.82) is 0 Å². The second kappa shape index (κ2) is 3.62. The van der Waals surface area contributed by atoms with Gasteiger partial charge in [0.25, 0.3) is 0 Å². The Bertz CT molecular complexity index is 460. The quantitative estimate of drug-likeness (QED) is 0.707. The molecule has 4 nitrogen and oxygen atoms in total. The molecule has 1 aliphatic rings. The molecular weight excluding hydrogens is 190 g/mol. The Labute approximate surface area is 87.9 Å². The van der Waals surface area contributed by atoms with E-state index in [1.807, 2.05) is 16.9 Å². The van der Waals surface area contributed by atoms with Crippen molar-refractivity contribution in [3.05, 3.63) is 30.5 Å². The van der Waals surface area contributed by atoms with Gasteiger partial charge in [-0.05, 0) is 12.8 Å². The first-order chi connectivity index (χ1) is 7.43. The molecule has 1 saturated heterocycles. The second-order valence-electron chi connectivity index (χ2n) is 3.89. The van der Waals surface area contributed by atoms with Crippen molar-refractivity contribution >= 4 is 5.65 Å². The maximum atomic E-state index is 5.35. The maximum absolute atomic E-state index is 5.35. The number of aromatic nitrogens is 3. The zero-order chi connectivity index (χ0) is 10.1. The minimum Gasteiger partial charge on any atom is -0.381 e. The molecule has 3 heterocycles. The third-order valence-electron chi connectivity index (χ3n) is 2.95. The molecule has 0 unspecified atom stereocenters. The first kappa shape index (κ1) is 8.85. The SMILES string of the molecule is c1cn2cnc(C3CCOCC3)cc2n1. The van der Waals surface area contributed by atoms with Gasteiger partial charge >= 0.3 is 0 Å². The summed E-state index contributed by atoms with van der Waals surface area (Å²) in [5.41, 5.74) is 2.13. The predicted octanol–water partition coefficient (Wildman–Crippen LogP) is 1.62. The van der Waals surface area contributed by atoms with E-state index in [-0.39, 0.29) is 0 Å². The number of ether oxygens (including phenoxy) is 1. The number of hydrogen-bond acceptors (Lipinski definition) is 3. The molecule has 78 valence electrons. The second-order valence-corrected chi connectivity index (χ2v) is 3.89. The fourth-order valence-electron chi connectivity index (χ4n) is 2.05. The van der Waals surface area contributed by atoms with Crippen molar-refractivity contribution in [1.82, 2.24) is 14.4 Å². The lowest BCUT2D eigenvalue weighted by molar-refractivity contribution is 0.0845. The van der Waals surface area contributed by atoms with Gasteiger partial charge in [0.2, 0.25) is 0 Å². The van der Waals surface area contributed by atoms with Gasteiger partial charge in [0, 0.05) is 43.3 Å². The smallest absolute Gasteiger partial charge is 0.139 e. The van der Waals surface area contributed by atoms with Crippen LogP contribution in [0, 0.1) is 0 Å². The molecule has 0 aromatic carbocycles. The van der Waals surface area contributed by atoms with E-state index >= 15 is 0 Å². The molecule has 0 amide bonds. The average Bonchev–Trinajstić information content (AvgIpc) is 2.77. The molecule has 0 spiro atoms. The van der Waals surface area contributed by atoms with E-state index in [9.17, 15) is 0 Å². The normalized spacial score (nSPS) is 18.4. The third kappa shape index (κ3) is 1.61. The van der Waals surface area contributed by atoms with Crippen molar-refractivity contribution in [2.75, 3.05) is 13.2 Å². The van der Waals surface area contributed by atoms with E-state index in [4.69, 9.17) is 4.74 Å². The van der Waals surface area contributed by atoms with Crippen LogP contribution in [0.4, 0.5) is 0 Å². The Morgan fingerprint density at radius 3 is 3.00 bits per heavy atom. The Balaban J connectivity index is 1.95. The number of rotatable bonds is 1. The summed E-state index contributed by atoms with van der Waals surface area (Å²) in [6.45, 7) is 1.71. The zero-order valence-electron chi connectivity index (χ0n) is 8.47. The lowest BCUT2D eigenvalue weighted by Crippen LogP contribution is -2.15. The molecule has 15 heavy (non-hydrogen) atoms. The average molecular weight is 203 g/mol. The van der Waals surface area contributed by atoms with Crippen LogP contribution in [0.3, 0.4) is 0 Å². The summed E-state index contributed by atoms with van der Waals surface area (Å²) >= 11 is 0. The van der Waals surface area contributed by atoms with E-state index in [1.165, 1.54) is 0 Å². The predicted molar refractivity (Wildman–Crippen MR) is 55.8 cm³/mol. The summed E-state index contributed by atoms with van der Waals surface area (Å²) in [7, 11) is 0. The molecule has 1 aliphatic heterocycles. The molecule has 2 aromatic rings. The van der Waals surface area contributed by atoms with Gasteiger partial charge < -0.3 is 4.74 Å². The largest absolute Gasteiger partial charge is 0.381 e. The minimum atomic E-state index is 0.542. The first-order valence-electron chi connectivity index (χ1n) is 5.30. The molecule has 0 aliphatic carbocycles. The highest BCUT2D eigenvalue weighted by Gasteiger charge is 2.17. The molecule has 0 radical (unpaired) electrons. The van der Waals surface area contributed by atoms with Crippen LogP contribution in [0.2, 0.25) is 0 Å². The molecule has 0 N–H and O–H groups in total. The highest BCUT2D eigenvalue weighted by Crippen LogP contribution is 2.25. The van der Waals surface area contributed by atoms with Crippen LogP contribution < -0.4 is 0 Å². The standard InChI is InChI=1S/C11H13N3O/c1-5-15-6-2-9(1)10-7-11-12-3-4-14(11)8-13-10/h3-4,7-9H,1-2,5-6H2. The molecule has 0 atom stereocenters. The molecule has 0 bridgehead atoms. The highest BCUT2D eigenvalue weighted by atomic mass is 16.5. The number of hydrogen-bond donors (Lipinski definition) is 0. The van der Waals surface area contributed by atoms with Crippen molar-refractivity contribution in [3.8, 4) is 0 Å². The molecule has 0 saturated carbocycles. The fourth-order valence-corrected chi connectivity index (χ4v) is 2.05. The van der Waals surface area contributed by atoms with Crippen LogP contribution in [0.25, 0.3) is 5.65 Å². The number of imidazole rings is 1. The summed E-state index contributed by atoms with van der Waals surface area (Å²) in [5, 5.41) is 0. The number of fused-ring (bicyclic) bond motifs is 1. The van der Waals surface area contributed by atoms with Gasteiger partial charge in [-0.3, -0.25) is 4.40 Å². The summed E-state index contributed by atoms with van der Waals surface area (Å²) in [5.74, 6) is 0.542. The molecule has 1 fully saturated rings. The van der Waals surface area contributed by atoms with Crippen LogP contribution in [0.5, 0.6) is 0 Å². The monoisotopic (exact) mass is 203 g/mol. The van der Waals surface area contributed by atoms with Crippen LogP contribution in [0.15, 0.2) is 24.8 Å². The van der Waals surface area contributed by atoms with E-state index in [0.717, 1.165) is 37.4 Å². The minimum absolute atomic E-state index is 0.542. The van der Waals surface area contributed by atoms with Crippen molar-refractivity contribution in [2.24, 2.45) is 0 Å². The van der Waals surface area contributed by atoms with Crippen LogP contribution in [-0.4, -0.2) is 27.6 Å². The fraction of sp³-hybridized carbons (Fsp3) is 0.455. The van der Waals surface area contributed by atoms with Crippen LogP contribution in [-0.2, 0) is 4.74 Å². The van der Waals surface area contributed by atoms with Gasteiger partial charge in [0.15, 0.2) is 0 Å². The Morgan fingerprint density at radius 2 is 2.13 bits per heavy atom. The van der Waals surface area contributed by atoms with Gasteiger partial charge in [-0.2, -0.15) is 0 Å². The van der Waals surface area contributed by atoms with E-state index in [1.54, 1.807) is 6.20 Å². The Kier molecular flexibility index (Phi) is 2.14. The molecule has 2 aromatic heterocycles. The third-order valence-corrected chi connectivity index (χ3v) is 2.95. The molecular formula is C11H13N3O. The van der Waals surface area contributed by atoms with Gasteiger partial charge in [-0.15, -0.1) is 0 Å². The van der Waals surface area contributed by atoms with Crippen molar-refractivity contribution in [3.63, 3.8) is 0 Å². The lowest BCUT2D eigenvalue weighted by atomic mass is 9.96. The van der Waals surface area contributed by atoms with E-state index in [0.29, 0.717) is 5.92 Å². The van der Waals surface area contributed by atoms with Gasteiger partial charge in [-0.25, -0.2) is 9.97 Å².